The molecule has 1 unspecified atom stereocenters. The van der Waals surface area contributed by atoms with E-state index in [1.807, 2.05) is 30.3 Å². The largest absolute Gasteiger partial charge is 0.361 e. The highest BCUT2D eigenvalue weighted by molar-refractivity contribution is 5.90. The zero-order chi connectivity index (χ0) is 18.4. The van der Waals surface area contributed by atoms with Crippen molar-refractivity contribution in [1.29, 1.82) is 0 Å². The van der Waals surface area contributed by atoms with Gasteiger partial charge in [-0.05, 0) is 48.7 Å². The first-order valence-corrected chi connectivity index (χ1v) is 8.68. The summed E-state index contributed by atoms with van der Waals surface area (Å²) >= 11 is 0. The highest BCUT2D eigenvalue weighted by Crippen LogP contribution is 2.18. The van der Waals surface area contributed by atoms with Crippen molar-refractivity contribution in [2.75, 3.05) is 6.54 Å². The van der Waals surface area contributed by atoms with Gasteiger partial charge in [0.25, 0.3) is 5.91 Å². The van der Waals surface area contributed by atoms with Crippen LogP contribution in [-0.2, 0) is 11.2 Å². The van der Waals surface area contributed by atoms with Crippen molar-refractivity contribution in [2.24, 2.45) is 0 Å². The molecule has 1 atom stereocenters. The smallest absolute Gasteiger partial charge is 0.267 e. The van der Waals surface area contributed by atoms with Crippen molar-refractivity contribution < 1.29 is 10.0 Å². The molecule has 1 aromatic heterocycles. The molecule has 5 nitrogen and oxygen atoms in total. The monoisotopic (exact) mass is 349 g/mol. The van der Waals surface area contributed by atoms with Crippen LogP contribution in [0.2, 0.25) is 0 Å². The molecule has 0 bridgehead atoms. The van der Waals surface area contributed by atoms with Crippen LogP contribution in [0.1, 0.15) is 29.7 Å². The second-order valence-electron chi connectivity index (χ2n) is 6.26. The lowest BCUT2D eigenvalue weighted by Gasteiger charge is -2.14. The quantitative estimate of drug-likeness (QED) is 0.299. The summed E-state index contributed by atoms with van der Waals surface area (Å²) in [5, 5.41) is 13.3. The Kier molecular flexibility index (Phi) is 5.84. The van der Waals surface area contributed by atoms with Gasteiger partial charge in [-0.1, -0.05) is 42.5 Å². The molecule has 0 saturated heterocycles. The summed E-state index contributed by atoms with van der Waals surface area (Å²) in [4.78, 5) is 14.3. The third kappa shape index (κ3) is 4.39. The minimum Gasteiger partial charge on any atom is -0.361 e. The highest BCUT2D eigenvalue weighted by Gasteiger charge is 2.06. The number of hydroxylamine groups is 1. The van der Waals surface area contributed by atoms with E-state index in [1.165, 1.54) is 28.1 Å². The first-order chi connectivity index (χ1) is 12.7. The number of aromatic nitrogens is 1. The van der Waals surface area contributed by atoms with E-state index in [2.05, 4.69) is 41.6 Å². The van der Waals surface area contributed by atoms with Crippen LogP contribution >= 0.6 is 0 Å². The van der Waals surface area contributed by atoms with Crippen LogP contribution in [0.4, 0.5) is 0 Å². The molecule has 134 valence electrons. The molecular weight excluding hydrogens is 326 g/mol. The van der Waals surface area contributed by atoms with E-state index in [-0.39, 0.29) is 6.04 Å². The molecule has 0 aliphatic rings. The zero-order valence-corrected chi connectivity index (χ0v) is 14.7. The first kappa shape index (κ1) is 17.9. The molecule has 0 fully saturated rings. The van der Waals surface area contributed by atoms with E-state index in [0.717, 1.165) is 18.5 Å². The summed E-state index contributed by atoms with van der Waals surface area (Å²) in [7, 11) is 0. The maximum absolute atomic E-state index is 11.0. The molecule has 2 aromatic carbocycles. The van der Waals surface area contributed by atoms with Gasteiger partial charge in [-0.25, -0.2) is 5.48 Å². The van der Waals surface area contributed by atoms with Gasteiger partial charge in [0.1, 0.15) is 0 Å². The number of carbonyl (C=O) groups is 1. The number of hydrogen-bond acceptors (Lipinski definition) is 3. The van der Waals surface area contributed by atoms with Crippen LogP contribution in [0.15, 0.2) is 60.8 Å². The molecule has 3 aromatic rings. The predicted octanol–water partition coefficient (Wildman–Crippen LogP) is 3.58. The summed E-state index contributed by atoms with van der Waals surface area (Å²) < 4.78 is 0. The van der Waals surface area contributed by atoms with Crippen LogP contribution < -0.4 is 10.8 Å². The number of carbonyl (C=O) groups excluding carboxylic acids is 1. The van der Waals surface area contributed by atoms with Crippen molar-refractivity contribution in [2.45, 2.75) is 19.4 Å². The fourth-order valence-electron chi connectivity index (χ4n) is 2.98. The second kappa shape index (κ2) is 8.47. The van der Waals surface area contributed by atoms with Gasteiger partial charge in [-0.2, -0.15) is 0 Å². The molecule has 0 radical (unpaired) electrons. The average Bonchev–Trinajstić information content (AvgIpc) is 3.09. The highest BCUT2D eigenvalue weighted by atomic mass is 16.5. The minimum absolute atomic E-state index is 0.235. The van der Waals surface area contributed by atoms with E-state index in [4.69, 9.17) is 5.21 Å². The van der Waals surface area contributed by atoms with E-state index in [0.29, 0.717) is 0 Å². The summed E-state index contributed by atoms with van der Waals surface area (Å²) in [5.74, 6) is -0.540. The van der Waals surface area contributed by atoms with E-state index < -0.39 is 5.91 Å². The number of H-pyrrole nitrogens is 1. The fourth-order valence-corrected chi connectivity index (χ4v) is 2.98. The van der Waals surface area contributed by atoms with Gasteiger partial charge in [0.05, 0.1) is 0 Å². The number of amides is 1. The molecule has 5 heteroatoms. The first-order valence-electron chi connectivity index (χ1n) is 8.68. The van der Waals surface area contributed by atoms with E-state index >= 15 is 0 Å². The summed E-state index contributed by atoms with van der Waals surface area (Å²) in [5.41, 5.74) is 6.16. The van der Waals surface area contributed by atoms with Crippen LogP contribution in [0, 0.1) is 0 Å². The van der Waals surface area contributed by atoms with Crippen molar-refractivity contribution >= 4 is 22.9 Å². The Hall–Kier alpha value is -2.89. The Balaban J connectivity index is 1.54. The summed E-state index contributed by atoms with van der Waals surface area (Å²) in [6.45, 7) is 3.03. The maximum Gasteiger partial charge on any atom is 0.267 e. The van der Waals surface area contributed by atoms with Crippen molar-refractivity contribution in [3.63, 3.8) is 0 Å². The Labute approximate surface area is 152 Å². The van der Waals surface area contributed by atoms with Gasteiger partial charge in [-0.15, -0.1) is 0 Å². The predicted molar refractivity (Wildman–Crippen MR) is 104 cm³/mol. The van der Waals surface area contributed by atoms with Crippen molar-refractivity contribution in [3.8, 4) is 0 Å². The van der Waals surface area contributed by atoms with Gasteiger partial charge in [0.15, 0.2) is 0 Å². The topological polar surface area (TPSA) is 77.2 Å². The molecule has 0 spiro atoms. The molecule has 3 rings (SSSR count). The Bertz CT molecular complexity index is 897. The minimum atomic E-state index is -0.540. The number of aromatic amines is 1. The van der Waals surface area contributed by atoms with Crippen LogP contribution in [0.5, 0.6) is 0 Å². The molecule has 4 N–H and O–H groups in total. The lowest BCUT2D eigenvalue weighted by Crippen LogP contribution is -2.21. The molecule has 0 saturated carbocycles. The van der Waals surface area contributed by atoms with Gasteiger partial charge in [0, 0.05) is 29.2 Å². The van der Waals surface area contributed by atoms with E-state index in [9.17, 15) is 4.79 Å². The number of rotatable bonds is 7. The summed E-state index contributed by atoms with van der Waals surface area (Å²) in [6.07, 6.45) is 5.99. The molecular formula is C21H23N3O2. The number of para-hydroxylation sites is 1. The van der Waals surface area contributed by atoms with Crippen LogP contribution in [0.25, 0.3) is 17.0 Å². The lowest BCUT2D eigenvalue weighted by molar-refractivity contribution is -0.124. The van der Waals surface area contributed by atoms with Gasteiger partial charge < -0.3 is 10.3 Å². The average molecular weight is 349 g/mol. The van der Waals surface area contributed by atoms with Crippen LogP contribution in [-0.4, -0.2) is 22.6 Å². The number of fused-ring (bicyclic) bond motifs is 1. The van der Waals surface area contributed by atoms with Crippen LogP contribution in [0.3, 0.4) is 0 Å². The number of nitrogens with one attached hydrogen (secondary N) is 3. The second-order valence-corrected chi connectivity index (χ2v) is 6.26. The van der Waals surface area contributed by atoms with Gasteiger partial charge >= 0.3 is 0 Å². The Morgan fingerprint density at radius 1 is 1.19 bits per heavy atom. The molecule has 0 aliphatic heterocycles. The standard InChI is InChI=1S/C21H23N3O2/c1-15(17-9-6-16(7-10-17)8-11-21(25)24-26)22-13-12-18-14-23-20-5-3-2-4-19(18)20/h2-11,14-15,22-23,26H,12-13H2,1H3,(H,24,25)/b11-8+. The molecule has 1 amide bonds. The normalized spacial score (nSPS) is 12.5. The van der Waals surface area contributed by atoms with Crippen molar-refractivity contribution in [3.05, 3.63) is 77.5 Å². The summed E-state index contributed by atoms with van der Waals surface area (Å²) in [6, 6.07) is 16.6. The number of benzene rings is 2. The molecule has 0 aliphatic carbocycles. The lowest BCUT2D eigenvalue weighted by atomic mass is 10.1. The molecule has 26 heavy (non-hydrogen) atoms. The van der Waals surface area contributed by atoms with Gasteiger partial charge in [0.2, 0.25) is 0 Å². The Morgan fingerprint density at radius 2 is 1.96 bits per heavy atom. The molecule has 1 heterocycles. The maximum atomic E-state index is 11.0. The zero-order valence-electron chi connectivity index (χ0n) is 14.7. The third-order valence-electron chi connectivity index (χ3n) is 4.49. The fraction of sp³-hybridized carbons (Fsp3) is 0.190. The SMILES string of the molecule is CC(NCCc1c[nH]c2ccccc12)c1ccc(/C=C/C(=O)NO)cc1. The van der Waals surface area contributed by atoms with Gasteiger partial charge in [-0.3, -0.25) is 10.0 Å². The third-order valence-corrected chi connectivity index (χ3v) is 4.49. The Morgan fingerprint density at radius 3 is 2.73 bits per heavy atom. The van der Waals surface area contributed by atoms with Crippen molar-refractivity contribution in [1.82, 2.24) is 15.8 Å². The number of hydrogen-bond donors (Lipinski definition) is 4. The van der Waals surface area contributed by atoms with E-state index in [1.54, 1.807) is 11.6 Å².